The van der Waals surface area contributed by atoms with E-state index in [4.69, 9.17) is 0 Å². The van der Waals surface area contributed by atoms with Gasteiger partial charge in [-0.25, -0.2) is 0 Å². The predicted molar refractivity (Wildman–Crippen MR) is 76.4 cm³/mol. The first-order chi connectivity index (χ1) is 9.16. The van der Waals surface area contributed by atoms with Crippen LogP contribution in [-0.4, -0.2) is 10.9 Å². The van der Waals surface area contributed by atoms with Crippen LogP contribution in [0.1, 0.15) is 15.9 Å². The number of aromatic hydroxyl groups is 1. The second-order valence-electron chi connectivity index (χ2n) is 4.21. The van der Waals surface area contributed by atoms with Crippen LogP contribution in [0.15, 0.2) is 60.8 Å². The zero-order valence-electron chi connectivity index (χ0n) is 10.6. The van der Waals surface area contributed by atoms with Gasteiger partial charge in [0.2, 0.25) is 0 Å². The summed E-state index contributed by atoms with van der Waals surface area (Å²) in [5.41, 5.74) is 2.43. The monoisotopic (exact) mass is 253 g/mol. The Morgan fingerprint density at radius 1 is 1.16 bits per heavy atom. The Kier molecular flexibility index (Phi) is 3.98. The lowest BCUT2D eigenvalue weighted by molar-refractivity contribution is 0.104. The molecule has 2 aromatic carbocycles. The van der Waals surface area contributed by atoms with E-state index in [1.807, 2.05) is 25.1 Å². The van der Waals surface area contributed by atoms with Crippen LogP contribution in [-0.2, 0) is 0 Å². The first-order valence-corrected chi connectivity index (χ1v) is 5.99. The van der Waals surface area contributed by atoms with Crippen LogP contribution >= 0.6 is 0 Å². The van der Waals surface area contributed by atoms with Crippen molar-refractivity contribution < 1.29 is 9.90 Å². The summed E-state index contributed by atoms with van der Waals surface area (Å²) < 4.78 is 0. The number of nitrogens with one attached hydrogen (secondary N) is 1. The first-order valence-electron chi connectivity index (χ1n) is 5.99. The van der Waals surface area contributed by atoms with E-state index in [9.17, 15) is 9.90 Å². The molecule has 96 valence electrons. The molecule has 0 atom stereocenters. The minimum atomic E-state index is -0.0514. The number of aryl methyl sites for hydroxylation is 1. The zero-order chi connectivity index (χ0) is 13.7. The first kappa shape index (κ1) is 12.9. The van der Waals surface area contributed by atoms with Gasteiger partial charge in [-0.3, -0.25) is 4.79 Å². The molecular weight excluding hydrogens is 238 g/mol. The van der Waals surface area contributed by atoms with Crippen LogP contribution in [0.4, 0.5) is 5.69 Å². The molecule has 2 N–H and O–H groups in total. The molecule has 0 aromatic heterocycles. The maximum atomic E-state index is 11.8. The van der Waals surface area contributed by atoms with Crippen molar-refractivity contribution in [2.45, 2.75) is 6.92 Å². The number of allylic oxidation sites excluding steroid dienone is 1. The molecule has 0 aliphatic rings. The number of hydrogen-bond acceptors (Lipinski definition) is 3. The standard InChI is InChI=1S/C16H15NO2/c1-12-11-14(18)7-8-15(12)17-10-9-16(19)13-5-3-2-4-6-13/h2-11,17-18H,1H3/b10-9+. The maximum absolute atomic E-state index is 11.8. The normalized spacial score (nSPS) is 10.6. The molecule has 0 saturated carbocycles. The molecule has 0 radical (unpaired) electrons. The number of ketones is 1. The summed E-state index contributed by atoms with van der Waals surface area (Å²) in [5.74, 6) is 0.178. The van der Waals surface area contributed by atoms with Crippen LogP contribution < -0.4 is 5.32 Å². The molecule has 3 nitrogen and oxygen atoms in total. The topological polar surface area (TPSA) is 49.3 Å². The van der Waals surface area contributed by atoms with E-state index in [1.165, 1.54) is 6.08 Å². The molecule has 0 bridgehead atoms. The zero-order valence-corrected chi connectivity index (χ0v) is 10.6. The van der Waals surface area contributed by atoms with E-state index in [2.05, 4.69) is 5.32 Å². The van der Waals surface area contributed by atoms with Gasteiger partial charge in [-0.15, -0.1) is 0 Å². The predicted octanol–water partition coefficient (Wildman–Crippen LogP) is 3.51. The highest BCUT2D eigenvalue weighted by atomic mass is 16.3. The highest BCUT2D eigenvalue weighted by molar-refractivity contribution is 6.04. The molecule has 0 aliphatic heterocycles. The van der Waals surface area contributed by atoms with Crippen molar-refractivity contribution in [1.29, 1.82) is 0 Å². The van der Waals surface area contributed by atoms with Gasteiger partial charge in [0.15, 0.2) is 5.78 Å². The molecule has 19 heavy (non-hydrogen) atoms. The largest absolute Gasteiger partial charge is 0.508 e. The van der Waals surface area contributed by atoms with Gasteiger partial charge in [-0.1, -0.05) is 30.3 Å². The second kappa shape index (κ2) is 5.87. The molecule has 3 heteroatoms. The summed E-state index contributed by atoms with van der Waals surface area (Å²) in [6.07, 6.45) is 3.09. The third-order valence-corrected chi connectivity index (χ3v) is 2.74. The minimum absolute atomic E-state index is 0.0514. The van der Waals surface area contributed by atoms with Crippen LogP contribution in [0.3, 0.4) is 0 Å². The average molecular weight is 253 g/mol. The van der Waals surface area contributed by atoms with E-state index in [0.717, 1.165) is 11.3 Å². The third-order valence-electron chi connectivity index (χ3n) is 2.74. The van der Waals surface area contributed by atoms with Crippen LogP contribution in [0.25, 0.3) is 0 Å². The maximum Gasteiger partial charge on any atom is 0.187 e. The van der Waals surface area contributed by atoms with Crippen molar-refractivity contribution in [3.05, 3.63) is 71.9 Å². The van der Waals surface area contributed by atoms with Gasteiger partial charge in [-0.2, -0.15) is 0 Å². The van der Waals surface area contributed by atoms with E-state index in [-0.39, 0.29) is 11.5 Å². The highest BCUT2D eigenvalue weighted by Crippen LogP contribution is 2.19. The summed E-state index contributed by atoms with van der Waals surface area (Å²) >= 11 is 0. The fourth-order valence-electron chi connectivity index (χ4n) is 1.72. The van der Waals surface area contributed by atoms with Crippen molar-refractivity contribution in [3.8, 4) is 5.75 Å². The Morgan fingerprint density at radius 3 is 2.58 bits per heavy atom. The SMILES string of the molecule is Cc1cc(O)ccc1N/C=C/C(=O)c1ccccc1. The summed E-state index contributed by atoms with van der Waals surface area (Å²) in [5, 5.41) is 12.3. The summed E-state index contributed by atoms with van der Waals surface area (Å²) in [7, 11) is 0. The summed E-state index contributed by atoms with van der Waals surface area (Å²) in [4.78, 5) is 11.8. The number of anilines is 1. The van der Waals surface area contributed by atoms with E-state index >= 15 is 0 Å². The van der Waals surface area contributed by atoms with Crippen LogP contribution in [0.2, 0.25) is 0 Å². The van der Waals surface area contributed by atoms with Gasteiger partial charge in [0.1, 0.15) is 5.75 Å². The number of carbonyl (C=O) groups is 1. The molecule has 0 unspecified atom stereocenters. The molecule has 2 aromatic rings. The molecule has 0 saturated heterocycles. The lowest BCUT2D eigenvalue weighted by atomic mass is 10.1. The van der Waals surface area contributed by atoms with Crippen molar-refractivity contribution in [2.24, 2.45) is 0 Å². The van der Waals surface area contributed by atoms with Crippen molar-refractivity contribution in [2.75, 3.05) is 5.32 Å². The second-order valence-corrected chi connectivity index (χ2v) is 4.21. The Morgan fingerprint density at radius 2 is 1.89 bits per heavy atom. The number of phenolic OH excluding ortho intramolecular Hbond substituents is 1. The Hall–Kier alpha value is -2.55. The number of phenols is 1. The Bertz CT molecular complexity index is 603. The smallest absolute Gasteiger partial charge is 0.187 e. The molecular formula is C16H15NO2. The van der Waals surface area contributed by atoms with Crippen LogP contribution in [0, 0.1) is 6.92 Å². The fraction of sp³-hybridized carbons (Fsp3) is 0.0625. The number of rotatable bonds is 4. The molecule has 0 heterocycles. The molecule has 0 aliphatic carbocycles. The summed E-state index contributed by atoms with van der Waals surface area (Å²) in [6.45, 7) is 1.88. The lowest BCUT2D eigenvalue weighted by Crippen LogP contribution is -1.96. The third kappa shape index (κ3) is 3.45. The van der Waals surface area contributed by atoms with Gasteiger partial charge >= 0.3 is 0 Å². The van der Waals surface area contributed by atoms with E-state index in [1.54, 1.807) is 36.5 Å². The van der Waals surface area contributed by atoms with Gasteiger partial charge in [-0.05, 0) is 30.7 Å². The van der Waals surface area contributed by atoms with Crippen molar-refractivity contribution >= 4 is 11.5 Å². The van der Waals surface area contributed by atoms with Gasteiger partial charge in [0, 0.05) is 23.5 Å². The van der Waals surface area contributed by atoms with E-state index in [0.29, 0.717) is 5.56 Å². The quantitative estimate of drug-likeness (QED) is 0.498. The van der Waals surface area contributed by atoms with E-state index < -0.39 is 0 Å². The fourth-order valence-corrected chi connectivity index (χ4v) is 1.72. The lowest BCUT2D eigenvalue weighted by Gasteiger charge is -2.05. The molecule has 0 spiro atoms. The molecule has 0 amide bonds. The van der Waals surface area contributed by atoms with Crippen LogP contribution in [0.5, 0.6) is 5.75 Å². The molecule has 0 fully saturated rings. The number of carbonyl (C=O) groups excluding carboxylic acids is 1. The molecule has 2 rings (SSSR count). The Labute approximate surface area is 112 Å². The van der Waals surface area contributed by atoms with Crippen molar-refractivity contribution in [3.63, 3.8) is 0 Å². The van der Waals surface area contributed by atoms with Gasteiger partial charge < -0.3 is 10.4 Å². The minimum Gasteiger partial charge on any atom is -0.508 e. The van der Waals surface area contributed by atoms with Gasteiger partial charge in [0.05, 0.1) is 0 Å². The average Bonchev–Trinajstić information content (AvgIpc) is 2.42. The highest BCUT2D eigenvalue weighted by Gasteiger charge is 2.00. The number of hydrogen-bond donors (Lipinski definition) is 2. The van der Waals surface area contributed by atoms with Crippen molar-refractivity contribution in [1.82, 2.24) is 0 Å². The van der Waals surface area contributed by atoms with Gasteiger partial charge in [0.25, 0.3) is 0 Å². The summed E-state index contributed by atoms with van der Waals surface area (Å²) in [6, 6.07) is 14.1. The Balaban J connectivity index is 2.02. The number of benzene rings is 2.